The fraction of sp³-hybridized carbons (Fsp3) is 0.516. The number of piperidine rings is 1. The molecule has 1 amide bonds. The first-order valence-electron chi connectivity index (χ1n) is 14.1. The standard InChI is InChI=1S/C31H37N3O6/c1-5-13-33-14-12-30-27-21-16-25(33)31(30,37)11-10-22(29(30)40-28(27)24(35)17-23(21)34(38)39)32(4)26(36)9-8-20-7-6-18(2)19(3)15-20/h5-7,15,17,22,25,29,35,37H,1,8-14,16H2,2-4H3/t22?,25-,29?,30+,31-/m1/s1. The molecule has 6 rings (SSSR count). The first-order valence-corrected chi connectivity index (χ1v) is 14.1. The number of rotatable bonds is 7. The topological polar surface area (TPSA) is 116 Å². The number of aromatic hydroxyl groups is 1. The lowest BCUT2D eigenvalue weighted by Crippen LogP contribution is -2.78. The second-order valence-electron chi connectivity index (χ2n) is 12.1. The molecule has 2 fully saturated rings. The van der Waals surface area contributed by atoms with Crippen molar-refractivity contribution in [2.24, 2.45) is 0 Å². The molecule has 9 nitrogen and oxygen atoms in total. The molecule has 5 atom stereocenters. The first kappa shape index (κ1) is 26.8. The summed E-state index contributed by atoms with van der Waals surface area (Å²) in [5.41, 5.74) is 2.28. The van der Waals surface area contributed by atoms with E-state index in [0.29, 0.717) is 56.3 Å². The maximum atomic E-state index is 13.5. The molecule has 2 unspecified atom stereocenters. The van der Waals surface area contributed by atoms with Gasteiger partial charge >= 0.3 is 0 Å². The van der Waals surface area contributed by atoms with Crippen molar-refractivity contribution in [3.8, 4) is 11.5 Å². The summed E-state index contributed by atoms with van der Waals surface area (Å²) in [6, 6.07) is 6.71. The van der Waals surface area contributed by atoms with Crippen LogP contribution in [-0.4, -0.2) is 74.8 Å². The maximum absolute atomic E-state index is 13.5. The van der Waals surface area contributed by atoms with Crippen LogP contribution in [0.25, 0.3) is 0 Å². The Kier molecular flexibility index (Phi) is 6.23. The number of aliphatic hydroxyl groups is 1. The normalized spacial score (nSPS) is 29.9. The molecule has 2 aliphatic carbocycles. The number of hydrogen-bond acceptors (Lipinski definition) is 7. The van der Waals surface area contributed by atoms with Gasteiger partial charge < -0.3 is 19.8 Å². The Morgan fingerprint density at radius 1 is 1.30 bits per heavy atom. The zero-order chi connectivity index (χ0) is 28.6. The summed E-state index contributed by atoms with van der Waals surface area (Å²) < 4.78 is 6.51. The number of nitrogens with zero attached hydrogens (tertiary/aromatic N) is 3. The van der Waals surface area contributed by atoms with Gasteiger partial charge in [-0.3, -0.25) is 19.8 Å². The van der Waals surface area contributed by atoms with Gasteiger partial charge in [-0.2, -0.15) is 0 Å². The number of hydrogen-bond donors (Lipinski definition) is 2. The molecule has 0 radical (unpaired) electrons. The number of nitro benzene ring substituents is 1. The lowest BCUT2D eigenvalue weighted by Gasteiger charge is -2.64. The van der Waals surface area contributed by atoms with Gasteiger partial charge in [0.25, 0.3) is 5.69 Å². The second kappa shape index (κ2) is 9.31. The van der Waals surface area contributed by atoms with Crippen molar-refractivity contribution in [1.29, 1.82) is 0 Å². The van der Waals surface area contributed by atoms with Gasteiger partial charge in [0.05, 0.1) is 28.0 Å². The van der Waals surface area contributed by atoms with Crippen LogP contribution in [-0.2, 0) is 23.1 Å². The van der Waals surface area contributed by atoms with Crippen LogP contribution in [0.2, 0.25) is 0 Å². The maximum Gasteiger partial charge on any atom is 0.276 e. The van der Waals surface area contributed by atoms with E-state index in [9.17, 15) is 25.1 Å². The van der Waals surface area contributed by atoms with Crippen LogP contribution in [0.5, 0.6) is 11.5 Å². The van der Waals surface area contributed by atoms with Crippen LogP contribution in [0.15, 0.2) is 36.9 Å². The van der Waals surface area contributed by atoms with Crippen molar-refractivity contribution in [3.05, 3.63) is 74.9 Å². The smallest absolute Gasteiger partial charge is 0.276 e. The van der Waals surface area contributed by atoms with E-state index in [1.54, 1.807) is 18.0 Å². The number of nitro groups is 1. The minimum atomic E-state index is -1.22. The summed E-state index contributed by atoms with van der Waals surface area (Å²) in [7, 11) is 1.79. The van der Waals surface area contributed by atoms with Crippen molar-refractivity contribution in [1.82, 2.24) is 9.80 Å². The Balaban J connectivity index is 1.38. The third-order valence-electron chi connectivity index (χ3n) is 10.3. The van der Waals surface area contributed by atoms with Gasteiger partial charge in [-0.25, -0.2) is 0 Å². The fourth-order valence-corrected chi connectivity index (χ4v) is 8.19. The van der Waals surface area contributed by atoms with Crippen molar-refractivity contribution < 1.29 is 24.7 Å². The molecule has 2 bridgehead atoms. The van der Waals surface area contributed by atoms with Crippen molar-refractivity contribution in [2.75, 3.05) is 20.1 Å². The highest BCUT2D eigenvalue weighted by Gasteiger charge is 2.74. The van der Waals surface area contributed by atoms with E-state index in [4.69, 9.17) is 4.74 Å². The summed E-state index contributed by atoms with van der Waals surface area (Å²) in [6.45, 7) is 9.22. The number of ether oxygens (including phenoxy) is 1. The number of carbonyl (C=O) groups excluding carboxylic acids is 1. The molecule has 1 saturated heterocycles. The number of aryl methyl sites for hydroxylation is 3. The number of phenolic OH excluding ortho intramolecular Hbond substituents is 1. The van der Waals surface area contributed by atoms with E-state index in [2.05, 4.69) is 43.5 Å². The molecule has 2 N–H and O–H groups in total. The number of carbonyl (C=O) groups is 1. The molecule has 1 spiro atoms. The van der Waals surface area contributed by atoms with Gasteiger partial charge in [-0.1, -0.05) is 24.3 Å². The quantitative estimate of drug-likeness (QED) is 0.308. The van der Waals surface area contributed by atoms with E-state index in [-0.39, 0.29) is 41.6 Å². The van der Waals surface area contributed by atoms with E-state index in [1.807, 2.05) is 0 Å². The summed E-state index contributed by atoms with van der Waals surface area (Å²) in [4.78, 5) is 29.1. The Morgan fingerprint density at radius 3 is 2.77 bits per heavy atom. The molecule has 1 saturated carbocycles. The number of benzene rings is 2. The summed E-state index contributed by atoms with van der Waals surface area (Å²) in [6.07, 6.45) is 3.86. The summed E-state index contributed by atoms with van der Waals surface area (Å²) in [5, 5.41) is 35.6. The van der Waals surface area contributed by atoms with Gasteiger partial charge in [0.1, 0.15) is 6.10 Å². The minimum Gasteiger partial charge on any atom is -0.504 e. The van der Waals surface area contributed by atoms with Gasteiger partial charge in [0, 0.05) is 37.2 Å². The van der Waals surface area contributed by atoms with E-state index >= 15 is 0 Å². The minimum absolute atomic E-state index is 0.0171. The van der Waals surface area contributed by atoms with E-state index in [0.717, 1.165) is 5.56 Å². The number of amides is 1. The molecule has 40 heavy (non-hydrogen) atoms. The third kappa shape index (κ3) is 3.56. The van der Waals surface area contributed by atoms with Crippen LogP contribution < -0.4 is 4.74 Å². The predicted octanol–water partition coefficient (Wildman–Crippen LogP) is 3.72. The Labute approximate surface area is 234 Å². The number of phenols is 1. The Morgan fingerprint density at radius 2 is 2.08 bits per heavy atom. The highest BCUT2D eigenvalue weighted by molar-refractivity contribution is 5.77. The zero-order valence-electron chi connectivity index (χ0n) is 23.4. The van der Waals surface area contributed by atoms with Crippen LogP contribution in [0.1, 0.15) is 53.5 Å². The van der Waals surface area contributed by atoms with Crippen molar-refractivity contribution >= 4 is 11.6 Å². The lowest BCUT2D eigenvalue weighted by molar-refractivity contribution is -0.386. The average Bonchev–Trinajstić information content (AvgIpc) is 3.27. The Bertz CT molecular complexity index is 1420. The molecule has 9 heteroatoms. The molecule has 2 aromatic carbocycles. The van der Waals surface area contributed by atoms with Gasteiger partial charge in [0.15, 0.2) is 11.5 Å². The van der Waals surface area contributed by atoms with Crippen LogP contribution in [0.4, 0.5) is 5.69 Å². The molecule has 2 aliphatic heterocycles. The molecule has 2 heterocycles. The van der Waals surface area contributed by atoms with Gasteiger partial charge in [0.2, 0.25) is 5.91 Å². The van der Waals surface area contributed by atoms with Crippen molar-refractivity contribution in [3.63, 3.8) is 0 Å². The zero-order valence-corrected chi connectivity index (χ0v) is 23.4. The number of likely N-dealkylation sites (tertiary alicyclic amines) is 1. The monoisotopic (exact) mass is 547 g/mol. The van der Waals surface area contributed by atoms with Crippen LogP contribution in [0.3, 0.4) is 0 Å². The average molecular weight is 548 g/mol. The summed E-state index contributed by atoms with van der Waals surface area (Å²) >= 11 is 0. The lowest BCUT2D eigenvalue weighted by atomic mass is 9.48. The first-order chi connectivity index (χ1) is 19.0. The highest BCUT2D eigenvalue weighted by atomic mass is 16.6. The molecular weight excluding hydrogens is 510 g/mol. The number of likely N-dealkylation sites (N-methyl/N-ethyl adjacent to an activating group) is 1. The largest absolute Gasteiger partial charge is 0.504 e. The molecular formula is C31H37N3O6. The van der Waals surface area contributed by atoms with Crippen molar-refractivity contribution in [2.45, 2.75) is 81.6 Å². The highest BCUT2D eigenvalue weighted by Crippen LogP contribution is 2.67. The van der Waals surface area contributed by atoms with E-state index in [1.165, 1.54) is 17.2 Å². The third-order valence-corrected chi connectivity index (χ3v) is 10.3. The SMILES string of the molecule is C=CCN1CC[C@]23c4c5c([N+](=O)[O-])cc(O)c4OC2C(N(C)C(=O)CCc2ccc(C)c(C)c2)CC[C@@]3(O)[C@H]1C5. The molecule has 212 valence electrons. The fourth-order valence-electron chi connectivity index (χ4n) is 8.19. The predicted molar refractivity (Wildman–Crippen MR) is 150 cm³/mol. The summed E-state index contributed by atoms with van der Waals surface area (Å²) in [5.74, 6) is -0.0787. The molecule has 2 aromatic rings. The van der Waals surface area contributed by atoms with Crippen LogP contribution >= 0.6 is 0 Å². The van der Waals surface area contributed by atoms with Gasteiger partial charge in [-0.15, -0.1) is 6.58 Å². The second-order valence-corrected chi connectivity index (χ2v) is 12.1. The van der Waals surface area contributed by atoms with E-state index < -0.39 is 22.0 Å². The molecule has 0 aromatic heterocycles. The molecule has 4 aliphatic rings. The van der Waals surface area contributed by atoms with Crippen LogP contribution in [0, 0.1) is 24.0 Å². The van der Waals surface area contributed by atoms with Gasteiger partial charge in [-0.05, 0) is 69.2 Å². The Hall–Kier alpha value is -3.43.